The van der Waals surface area contributed by atoms with Crippen LogP contribution < -0.4 is 20.7 Å². The molecular formula is C23H27N7O2S. The van der Waals surface area contributed by atoms with Gasteiger partial charge in [0.2, 0.25) is 17.7 Å². The second kappa shape index (κ2) is 11.1. The SMILES string of the molecule is CN1CCN(c2ncc(Sc3ccc(NC(=O)CN)nc3)c(OCc3ccccc3)n2)CC1. The van der Waals surface area contributed by atoms with Crippen molar-refractivity contribution in [2.24, 2.45) is 5.73 Å². The summed E-state index contributed by atoms with van der Waals surface area (Å²) in [7, 11) is 2.12. The number of benzene rings is 1. The summed E-state index contributed by atoms with van der Waals surface area (Å²) in [5.41, 5.74) is 6.40. The third-order valence-corrected chi connectivity index (χ3v) is 6.11. The van der Waals surface area contributed by atoms with E-state index in [9.17, 15) is 4.79 Å². The molecule has 3 heterocycles. The standard InChI is InChI=1S/C23H27N7O2S/c1-29-9-11-30(12-10-29)23-26-15-19(22(28-23)32-16-17-5-3-2-4-6-17)33-18-7-8-20(25-14-18)27-21(31)13-24/h2-8,14-15H,9-13,16,24H2,1H3,(H,25,27,31). The van der Waals surface area contributed by atoms with E-state index in [4.69, 9.17) is 15.5 Å². The number of nitrogens with two attached hydrogens (primary N) is 1. The molecule has 1 saturated heterocycles. The zero-order chi connectivity index (χ0) is 23.0. The fraction of sp³-hybridized carbons (Fsp3) is 0.304. The van der Waals surface area contributed by atoms with Gasteiger partial charge in [-0.3, -0.25) is 4.79 Å². The Morgan fingerprint density at radius 2 is 1.88 bits per heavy atom. The zero-order valence-corrected chi connectivity index (χ0v) is 19.3. The highest BCUT2D eigenvalue weighted by atomic mass is 32.2. The zero-order valence-electron chi connectivity index (χ0n) is 18.5. The van der Waals surface area contributed by atoms with Gasteiger partial charge in [0.15, 0.2) is 0 Å². The second-order valence-corrected chi connectivity index (χ2v) is 8.75. The van der Waals surface area contributed by atoms with Gasteiger partial charge < -0.3 is 25.6 Å². The van der Waals surface area contributed by atoms with Crippen molar-refractivity contribution in [3.63, 3.8) is 0 Å². The van der Waals surface area contributed by atoms with Crippen LogP contribution in [0.3, 0.4) is 0 Å². The molecule has 1 amide bonds. The van der Waals surface area contributed by atoms with Gasteiger partial charge in [-0.1, -0.05) is 42.1 Å². The highest BCUT2D eigenvalue weighted by Gasteiger charge is 2.19. The van der Waals surface area contributed by atoms with E-state index >= 15 is 0 Å². The van der Waals surface area contributed by atoms with Crippen LogP contribution in [0.25, 0.3) is 0 Å². The quantitative estimate of drug-likeness (QED) is 0.518. The maximum atomic E-state index is 11.5. The van der Waals surface area contributed by atoms with Gasteiger partial charge in [-0.15, -0.1) is 0 Å². The lowest BCUT2D eigenvalue weighted by Crippen LogP contribution is -2.45. The number of hydrogen-bond acceptors (Lipinski definition) is 9. The van der Waals surface area contributed by atoms with Gasteiger partial charge in [0.05, 0.1) is 17.6 Å². The van der Waals surface area contributed by atoms with Gasteiger partial charge in [-0.05, 0) is 24.7 Å². The van der Waals surface area contributed by atoms with E-state index < -0.39 is 0 Å². The molecule has 1 aliphatic rings. The Hall–Kier alpha value is -3.21. The first-order valence-electron chi connectivity index (χ1n) is 10.7. The molecule has 0 saturated carbocycles. The number of aromatic nitrogens is 3. The number of piperazine rings is 1. The van der Waals surface area contributed by atoms with Gasteiger partial charge in [0, 0.05) is 37.3 Å². The molecule has 172 valence electrons. The van der Waals surface area contributed by atoms with Crippen LogP contribution in [-0.2, 0) is 11.4 Å². The lowest BCUT2D eigenvalue weighted by Gasteiger charge is -2.32. The molecular weight excluding hydrogens is 438 g/mol. The van der Waals surface area contributed by atoms with E-state index in [0.29, 0.717) is 24.3 Å². The highest BCUT2D eigenvalue weighted by Crippen LogP contribution is 2.34. The minimum atomic E-state index is -0.285. The van der Waals surface area contributed by atoms with Gasteiger partial charge in [0.1, 0.15) is 12.4 Å². The summed E-state index contributed by atoms with van der Waals surface area (Å²) < 4.78 is 6.14. The van der Waals surface area contributed by atoms with Crippen molar-refractivity contribution in [3.05, 3.63) is 60.4 Å². The third kappa shape index (κ3) is 6.41. The number of amides is 1. The number of pyridine rings is 1. The summed E-state index contributed by atoms with van der Waals surface area (Å²) in [4.78, 5) is 31.2. The molecule has 33 heavy (non-hydrogen) atoms. The number of hydrogen-bond donors (Lipinski definition) is 2. The third-order valence-electron chi connectivity index (χ3n) is 5.13. The Labute approximate surface area is 197 Å². The molecule has 10 heteroatoms. The van der Waals surface area contributed by atoms with Crippen molar-refractivity contribution in [2.45, 2.75) is 16.4 Å². The van der Waals surface area contributed by atoms with Crippen molar-refractivity contribution in [2.75, 3.05) is 50.0 Å². The number of nitrogens with zero attached hydrogens (tertiary/aromatic N) is 5. The lowest BCUT2D eigenvalue weighted by molar-refractivity contribution is -0.114. The molecule has 1 fully saturated rings. The Morgan fingerprint density at radius 3 is 2.58 bits per heavy atom. The molecule has 2 aromatic heterocycles. The van der Waals surface area contributed by atoms with Crippen molar-refractivity contribution >= 4 is 29.4 Å². The number of likely N-dealkylation sites (N-methyl/N-ethyl adjacent to an activating group) is 1. The molecule has 3 N–H and O–H groups in total. The van der Waals surface area contributed by atoms with E-state index in [0.717, 1.165) is 41.5 Å². The molecule has 0 aliphatic carbocycles. The van der Waals surface area contributed by atoms with Crippen LogP contribution in [0.1, 0.15) is 5.56 Å². The second-order valence-electron chi connectivity index (χ2n) is 7.64. The van der Waals surface area contributed by atoms with Crippen LogP contribution in [0.5, 0.6) is 5.88 Å². The number of carbonyl (C=O) groups excluding carboxylic acids is 1. The largest absolute Gasteiger partial charge is 0.472 e. The molecule has 1 aliphatic heterocycles. The van der Waals surface area contributed by atoms with E-state index in [-0.39, 0.29) is 12.5 Å². The summed E-state index contributed by atoms with van der Waals surface area (Å²) in [6.07, 6.45) is 3.49. The van der Waals surface area contributed by atoms with E-state index in [2.05, 4.69) is 32.1 Å². The van der Waals surface area contributed by atoms with Gasteiger partial charge in [0.25, 0.3) is 0 Å². The van der Waals surface area contributed by atoms with Crippen molar-refractivity contribution in [3.8, 4) is 5.88 Å². The molecule has 0 unspecified atom stereocenters. The lowest BCUT2D eigenvalue weighted by atomic mass is 10.2. The Balaban J connectivity index is 1.53. The van der Waals surface area contributed by atoms with Crippen molar-refractivity contribution in [1.29, 1.82) is 0 Å². The minimum absolute atomic E-state index is 0.0860. The monoisotopic (exact) mass is 465 g/mol. The Bertz CT molecular complexity index is 1060. The summed E-state index contributed by atoms with van der Waals surface area (Å²) >= 11 is 1.46. The van der Waals surface area contributed by atoms with Crippen molar-refractivity contribution < 1.29 is 9.53 Å². The van der Waals surface area contributed by atoms with Crippen LogP contribution in [0, 0.1) is 0 Å². The smallest absolute Gasteiger partial charge is 0.239 e. The average Bonchev–Trinajstić information content (AvgIpc) is 2.85. The predicted molar refractivity (Wildman–Crippen MR) is 129 cm³/mol. The predicted octanol–water partition coefficient (Wildman–Crippen LogP) is 2.25. The number of rotatable bonds is 8. The first-order chi connectivity index (χ1) is 16.1. The Morgan fingerprint density at radius 1 is 1.09 bits per heavy atom. The van der Waals surface area contributed by atoms with Crippen LogP contribution in [0.15, 0.2) is 64.6 Å². The fourth-order valence-electron chi connectivity index (χ4n) is 3.24. The molecule has 3 aromatic rings. The minimum Gasteiger partial charge on any atom is -0.472 e. The van der Waals surface area contributed by atoms with Gasteiger partial charge in [-0.2, -0.15) is 4.98 Å². The van der Waals surface area contributed by atoms with Crippen LogP contribution in [0.4, 0.5) is 11.8 Å². The Kier molecular flexibility index (Phi) is 7.71. The molecule has 0 radical (unpaired) electrons. The normalized spacial score (nSPS) is 14.2. The number of ether oxygens (including phenoxy) is 1. The van der Waals surface area contributed by atoms with Crippen LogP contribution in [0.2, 0.25) is 0 Å². The molecule has 9 nitrogen and oxygen atoms in total. The van der Waals surface area contributed by atoms with Gasteiger partial charge in [-0.25, -0.2) is 9.97 Å². The molecule has 0 bridgehead atoms. The maximum absolute atomic E-state index is 11.5. The molecule has 0 atom stereocenters. The van der Waals surface area contributed by atoms with Gasteiger partial charge >= 0.3 is 0 Å². The first-order valence-corrected chi connectivity index (χ1v) is 11.5. The van der Waals surface area contributed by atoms with E-state index in [1.54, 1.807) is 18.5 Å². The average molecular weight is 466 g/mol. The summed E-state index contributed by atoms with van der Waals surface area (Å²) in [6, 6.07) is 13.6. The van der Waals surface area contributed by atoms with Crippen LogP contribution >= 0.6 is 11.8 Å². The number of nitrogens with one attached hydrogen (secondary N) is 1. The maximum Gasteiger partial charge on any atom is 0.239 e. The topological polar surface area (TPSA) is 110 Å². The van der Waals surface area contributed by atoms with Crippen LogP contribution in [-0.4, -0.2) is 65.5 Å². The summed E-state index contributed by atoms with van der Waals surface area (Å²) in [5, 5.41) is 2.64. The fourth-order valence-corrected chi connectivity index (χ4v) is 4.03. The first kappa shape index (κ1) is 23.0. The summed E-state index contributed by atoms with van der Waals surface area (Å²) in [6.45, 7) is 4.02. The van der Waals surface area contributed by atoms with E-state index in [1.165, 1.54) is 11.8 Å². The highest BCUT2D eigenvalue weighted by molar-refractivity contribution is 7.99. The molecule has 4 rings (SSSR count). The van der Waals surface area contributed by atoms with Crippen molar-refractivity contribution in [1.82, 2.24) is 19.9 Å². The summed E-state index contributed by atoms with van der Waals surface area (Å²) in [5.74, 6) is 1.38. The molecule has 0 spiro atoms. The number of carbonyl (C=O) groups is 1. The number of anilines is 2. The van der Waals surface area contributed by atoms with E-state index in [1.807, 2.05) is 36.4 Å². The molecule has 1 aromatic carbocycles.